The Morgan fingerprint density at radius 1 is 1.60 bits per heavy atom. The molecule has 84 valence electrons. The number of rotatable bonds is 4. The Morgan fingerprint density at radius 3 is 3.13 bits per heavy atom. The predicted octanol–water partition coefficient (Wildman–Crippen LogP) is 1.94. The van der Waals surface area contributed by atoms with Crippen molar-refractivity contribution in [2.24, 2.45) is 5.84 Å². The van der Waals surface area contributed by atoms with Gasteiger partial charge >= 0.3 is 0 Å². The Labute approximate surface area is 94.8 Å². The lowest BCUT2D eigenvalue weighted by Gasteiger charge is -2.28. The molecule has 0 aromatic carbocycles. The van der Waals surface area contributed by atoms with E-state index < -0.39 is 0 Å². The molecule has 1 aromatic heterocycles. The lowest BCUT2D eigenvalue weighted by molar-refractivity contribution is 0.422. The van der Waals surface area contributed by atoms with Crippen LogP contribution in [0.4, 0.5) is 0 Å². The second-order valence-corrected chi connectivity index (χ2v) is 5.31. The highest BCUT2D eigenvalue weighted by atomic mass is 32.2. The number of nitrogens with two attached hydrogens (primary N) is 1. The van der Waals surface area contributed by atoms with Crippen LogP contribution in [0.2, 0.25) is 0 Å². The zero-order valence-corrected chi connectivity index (χ0v) is 9.63. The maximum Gasteiger partial charge on any atom is 0.105 e. The number of furan rings is 1. The fraction of sp³-hybridized carbons (Fsp3) is 0.636. The smallest absolute Gasteiger partial charge is 0.105 e. The first-order chi connectivity index (χ1) is 7.40. The Morgan fingerprint density at radius 2 is 2.53 bits per heavy atom. The molecular formula is C11H18N2OS. The number of thioether (sulfide) groups is 1. The standard InChI is InChI=1S/C11H18N2OS/c12-13-10(8-9-4-3-6-14-9)11-5-1-2-7-15-11/h3-4,6,10-11,13H,1-2,5,7-8,12H2. The molecular weight excluding hydrogens is 208 g/mol. The van der Waals surface area contributed by atoms with Crippen molar-refractivity contribution in [1.82, 2.24) is 5.43 Å². The molecule has 4 heteroatoms. The van der Waals surface area contributed by atoms with E-state index in [1.165, 1.54) is 25.0 Å². The van der Waals surface area contributed by atoms with Crippen LogP contribution >= 0.6 is 11.8 Å². The average Bonchev–Trinajstić information content (AvgIpc) is 2.80. The van der Waals surface area contributed by atoms with Gasteiger partial charge in [-0.3, -0.25) is 11.3 Å². The first-order valence-corrected chi connectivity index (χ1v) is 6.55. The third kappa shape index (κ3) is 3.00. The summed E-state index contributed by atoms with van der Waals surface area (Å²) in [6.07, 6.45) is 6.55. The van der Waals surface area contributed by atoms with Gasteiger partial charge in [-0.1, -0.05) is 6.42 Å². The molecule has 0 saturated carbocycles. The molecule has 1 aliphatic rings. The maximum atomic E-state index is 5.62. The van der Waals surface area contributed by atoms with Crippen LogP contribution < -0.4 is 11.3 Å². The van der Waals surface area contributed by atoms with Crippen molar-refractivity contribution in [3.8, 4) is 0 Å². The van der Waals surface area contributed by atoms with Crippen LogP contribution in [0.5, 0.6) is 0 Å². The van der Waals surface area contributed by atoms with E-state index in [1.54, 1.807) is 6.26 Å². The summed E-state index contributed by atoms with van der Waals surface area (Å²) < 4.78 is 5.35. The molecule has 3 N–H and O–H groups in total. The molecule has 0 radical (unpaired) electrons. The van der Waals surface area contributed by atoms with Crippen LogP contribution in [0.25, 0.3) is 0 Å². The lowest BCUT2D eigenvalue weighted by Crippen LogP contribution is -2.44. The minimum Gasteiger partial charge on any atom is -0.469 e. The molecule has 0 spiro atoms. The van der Waals surface area contributed by atoms with Gasteiger partial charge in [-0.15, -0.1) is 0 Å². The summed E-state index contributed by atoms with van der Waals surface area (Å²) in [6, 6.07) is 4.27. The normalized spacial score (nSPS) is 23.9. The molecule has 0 amide bonds. The average molecular weight is 226 g/mol. The SMILES string of the molecule is NNC(Cc1ccco1)C1CCCCS1. The number of hydrogen-bond acceptors (Lipinski definition) is 4. The van der Waals surface area contributed by atoms with E-state index in [0.29, 0.717) is 11.3 Å². The van der Waals surface area contributed by atoms with Crippen molar-refractivity contribution >= 4 is 11.8 Å². The quantitative estimate of drug-likeness (QED) is 0.608. The summed E-state index contributed by atoms with van der Waals surface area (Å²) in [6.45, 7) is 0. The van der Waals surface area contributed by atoms with Crippen molar-refractivity contribution in [2.45, 2.75) is 37.0 Å². The first kappa shape index (κ1) is 11.0. The van der Waals surface area contributed by atoms with Crippen LogP contribution in [0.3, 0.4) is 0 Å². The minimum atomic E-state index is 0.335. The highest BCUT2D eigenvalue weighted by molar-refractivity contribution is 8.00. The summed E-state index contributed by atoms with van der Waals surface area (Å²) in [5.41, 5.74) is 2.93. The van der Waals surface area contributed by atoms with Crippen molar-refractivity contribution in [1.29, 1.82) is 0 Å². The molecule has 1 fully saturated rings. The van der Waals surface area contributed by atoms with Crippen molar-refractivity contribution in [3.63, 3.8) is 0 Å². The molecule has 2 unspecified atom stereocenters. The van der Waals surface area contributed by atoms with Crippen molar-refractivity contribution in [3.05, 3.63) is 24.2 Å². The van der Waals surface area contributed by atoms with Gasteiger partial charge in [-0.2, -0.15) is 11.8 Å². The maximum absolute atomic E-state index is 5.62. The van der Waals surface area contributed by atoms with Gasteiger partial charge in [0, 0.05) is 17.7 Å². The Kier molecular flexibility index (Phi) is 4.11. The summed E-state index contributed by atoms with van der Waals surface area (Å²) >= 11 is 2.03. The molecule has 0 aliphatic carbocycles. The van der Waals surface area contributed by atoms with Crippen LogP contribution in [-0.4, -0.2) is 17.0 Å². The lowest BCUT2D eigenvalue weighted by atomic mass is 10.0. The first-order valence-electron chi connectivity index (χ1n) is 5.50. The minimum absolute atomic E-state index is 0.335. The largest absolute Gasteiger partial charge is 0.469 e. The molecule has 0 bridgehead atoms. The van der Waals surface area contributed by atoms with E-state index in [9.17, 15) is 0 Å². The van der Waals surface area contributed by atoms with Crippen LogP contribution in [-0.2, 0) is 6.42 Å². The molecule has 1 saturated heterocycles. The van der Waals surface area contributed by atoms with Crippen LogP contribution in [0.1, 0.15) is 25.0 Å². The van der Waals surface area contributed by atoms with Gasteiger partial charge in [0.2, 0.25) is 0 Å². The van der Waals surface area contributed by atoms with E-state index in [4.69, 9.17) is 10.3 Å². The van der Waals surface area contributed by atoms with Gasteiger partial charge in [-0.05, 0) is 30.7 Å². The zero-order chi connectivity index (χ0) is 10.5. The van der Waals surface area contributed by atoms with E-state index in [0.717, 1.165) is 12.2 Å². The van der Waals surface area contributed by atoms with E-state index in [1.807, 2.05) is 23.9 Å². The molecule has 1 aliphatic heterocycles. The van der Waals surface area contributed by atoms with Gasteiger partial charge in [0.25, 0.3) is 0 Å². The molecule has 3 nitrogen and oxygen atoms in total. The third-order valence-corrected chi connectivity index (χ3v) is 4.40. The Hall–Kier alpha value is -0.450. The molecule has 2 atom stereocenters. The molecule has 2 heterocycles. The van der Waals surface area contributed by atoms with E-state index >= 15 is 0 Å². The fourth-order valence-electron chi connectivity index (χ4n) is 2.03. The number of hydrazine groups is 1. The highest BCUT2D eigenvalue weighted by Crippen LogP contribution is 2.28. The highest BCUT2D eigenvalue weighted by Gasteiger charge is 2.24. The van der Waals surface area contributed by atoms with Gasteiger partial charge in [-0.25, -0.2) is 0 Å². The number of nitrogens with one attached hydrogen (secondary N) is 1. The Balaban J connectivity index is 1.91. The summed E-state index contributed by atoms with van der Waals surface area (Å²) in [7, 11) is 0. The van der Waals surface area contributed by atoms with E-state index in [2.05, 4.69) is 5.43 Å². The van der Waals surface area contributed by atoms with Gasteiger partial charge in [0.05, 0.1) is 6.26 Å². The second-order valence-electron chi connectivity index (χ2n) is 3.96. The third-order valence-electron chi connectivity index (χ3n) is 2.88. The predicted molar refractivity (Wildman–Crippen MR) is 63.6 cm³/mol. The van der Waals surface area contributed by atoms with Gasteiger partial charge in [0.1, 0.15) is 5.76 Å². The summed E-state index contributed by atoms with van der Waals surface area (Å²) in [4.78, 5) is 0. The summed E-state index contributed by atoms with van der Waals surface area (Å²) in [5, 5.41) is 0.633. The van der Waals surface area contributed by atoms with Gasteiger partial charge < -0.3 is 4.42 Å². The van der Waals surface area contributed by atoms with Crippen LogP contribution in [0, 0.1) is 0 Å². The second kappa shape index (κ2) is 5.58. The molecule has 2 rings (SSSR count). The Bertz CT molecular complexity index is 270. The summed E-state index contributed by atoms with van der Waals surface area (Å²) in [5.74, 6) is 7.90. The topological polar surface area (TPSA) is 51.2 Å². The molecule has 1 aromatic rings. The van der Waals surface area contributed by atoms with Gasteiger partial charge in [0.15, 0.2) is 0 Å². The molecule has 15 heavy (non-hydrogen) atoms. The monoisotopic (exact) mass is 226 g/mol. The zero-order valence-electron chi connectivity index (χ0n) is 8.82. The van der Waals surface area contributed by atoms with Crippen molar-refractivity contribution in [2.75, 3.05) is 5.75 Å². The van der Waals surface area contributed by atoms with E-state index in [-0.39, 0.29) is 0 Å². The fourth-order valence-corrected chi connectivity index (χ4v) is 3.44. The van der Waals surface area contributed by atoms with Crippen molar-refractivity contribution < 1.29 is 4.42 Å². The van der Waals surface area contributed by atoms with Crippen LogP contribution in [0.15, 0.2) is 22.8 Å². The number of hydrogen-bond donors (Lipinski definition) is 2.